The maximum atomic E-state index is 10.2. The van der Waals surface area contributed by atoms with E-state index < -0.39 is 6.10 Å². The molecule has 0 saturated heterocycles. The smallest absolute Gasteiger partial charge is 0.191 e. The number of guanidine groups is 1. The largest absolute Gasteiger partial charge is 0.494 e. The van der Waals surface area contributed by atoms with Gasteiger partial charge in [-0.2, -0.15) is 0 Å². The first-order valence-corrected chi connectivity index (χ1v) is 9.20. The van der Waals surface area contributed by atoms with E-state index in [4.69, 9.17) is 4.74 Å². The monoisotopic (exact) mass is 483 g/mol. The molecule has 3 N–H and O–H groups in total. The molecule has 1 unspecified atom stereocenters. The van der Waals surface area contributed by atoms with Crippen LogP contribution in [0.25, 0.3) is 0 Å². The summed E-state index contributed by atoms with van der Waals surface area (Å²) in [4.78, 5) is 4.47. The van der Waals surface area contributed by atoms with Gasteiger partial charge in [0.25, 0.3) is 0 Å². The van der Waals surface area contributed by atoms with E-state index in [0.29, 0.717) is 19.6 Å². The SMILES string of the molecule is CCNC(=NCC(O)Cc1ccccc1)NCCCOc1ccccc1.I. The Morgan fingerprint density at radius 1 is 1.04 bits per heavy atom. The summed E-state index contributed by atoms with van der Waals surface area (Å²) in [6.07, 6.45) is 0.981. The molecule has 0 radical (unpaired) electrons. The van der Waals surface area contributed by atoms with Gasteiger partial charge in [0, 0.05) is 19.5 Å². The Labute approximate surface area is 179 Å². The van der Waals surface area contributed by atoms with Gasteiger partial charge in [0.2, 0.25) is 0 Å². The molecule has 0 aliphatic carbocycles. The van der Waals surface area contributed by atoms with Crippen molar-refractivity contribution in [1.82, 2.24) is 10.6 Å². The summed E-state index contributed by atoms with van der Waals surface area (Å²) in [5.41, 5.74) is 1.12. The fraction of sp³-hybridized carbons (Fsp3) is 0.381. The maximum Gasteiger partial charge on any atom is 0.191 e. The van der Waals surface area contributed by atoms with Crippen molar-refractivity contribution in [2.45, 2.75) is 25.9 Å². The summed E-state index contributed by atoms with van der Waals surface area (Å²) in [6.45, 7) is 4.57. The molecule has 0 spiro atoms. The molecule has 1 atom stereocenters. The predicted octanol–water partition coefficient (Wildman–Crippen LogP) is 3.23. The van der Waals surface area contributed by atoms with Crippen LogP contribution in [-0.4, -0.2) is 43.4 Å². The minimum Gasteiger partial charge on any atom is -0.494 e. The first-order chi connectivity index (χ1) is 12.8. The summed E-state index contributed by atoms with van der Waals surface area (Å²) in [5, 5.41) is 16.6. The van der Waals surface area contributed by atoms with Crippen molar-refractivity contribution in [2.24, 2.45) is 4.99 Å². The Kier molecular flexibility index (Phi) is 12.3. The molecule has 5 nitrogen and oxygen atoms in total. The lowest BCUT2D eigenvalue weighted by molar-refractivity contribution is 0.183. The molecular formula is C21H30IN3O2. The lowest BCUT2D eigenvalue weighted by Crippen LogP contribution is -2.38. The zero-order chi connectivity index (χ0) is 18.5. The van der Waals surface area contributed by atoms with E-state index >= 15 is 0 Å². The van der Waals surface area contributed by atoms with Crippen LogP contribution in [0, 0.1) is 0 Å². The Balaban J connectivity index is 0.00000364. The average molecular weight is 483 g/mol. The van der Waals surface area contributed by atoms with Crippen molar-refractivity contribution in [3.63, 3.8) is 0 Å². The highest BCUT2D eigenvalue weighted by atomic mass is 127. The average Bonchev–Trinajstić information content (AvgIpc) is 2.67. The van der Waals surface area contributed by atoms with Crippen molar-refractivity contribution < 1.29 is 9.84 Å². The van der Waals surface area contributed by atoms with Crippen molar-refractivity contribution in [3.8, 4) is 5.75 Å². The molecule has 148 valence electrons. The second-order valence-corrected chi connectivity index (χ2v) is 6.01. The summed E-state index contributed by atoms with van der Waals surface area (Å²) in [7, 11) is 0. The molecule has 0 aliphatic rings. The van der Waals surface area contributed by atoms with Gasteiger partial charge >= 0.3 is 0 Å². The van der Waals surface area contributed by atoms with E-state index in [2.05, 4.69) is 15.6 Å². The first-order valence-electron chi connectivity index (χ1n) is 9.20. The number of hydrogen-bond donors (Lipinski definition) is 3. The lowest BCUT2D eigenvalue weighted by Gasteiger charge is -2.13. The first kappa shape index (κ1) is 23.2. The third-order valence-corrected chi connectivity index (χ3v) is 3.74. The van der Waals surface area contributed by atoms with Crippen LogP contribution >= 0.6 is 24.0 Å². The van der Waals surface area contributed by atoms with Gasteiger partial charge in [0.15, 0.2) is 5.96 Å². The van der Waals surface area contributed by atoms with E-state index in [0.717, 1.165) is 36.8 Å². The summed E-state index contributed by atoms with van der Waals surface area (Å²) < 4.78 is 5.67. The molecule has 2 rings (SSSR count). The Morgan fingerprint density at radius 2 is 1.70 bits per heavy atom. The minimum absolute atomic E-state index is 0. The van der Waals surface area contributed by atoms with E-state index in [1.54, 1.807) is 0 Å². The number of para-hydroxylation sites is 1. The maximum absolute atomic E-state index is 10.2. The number of aliphatic imine (C=N–C) groups is 1. The zero-order valence-corrected chi connectivity index (χ0v) is 18.1. The van der Waals surface area contributed by atoms with Crippen LogP contribution in [0.4, 0.5) is 0 Å². The molecule has 0 fully saturated rings. The van der Waals surface area contributed by atoms with Crippen LogP contribution in [0.2, 0.25) is 0 Å². The number of ether oxygens (including phenoxy) is 1. The van der Waals surface area contributed by atoms with Gasteiger partial charge in [-0.1, -0.05) is 48.5 Å². The third-order valence-electron chi connectivity index (χ3n) is 3.74. The summed E-state index contributed by atoms with van der Waals surface area (Å²) in [5.74, 6) is 1.61. The lowest BCUT2D eigenvalue weighted by atomic mass is 10.1. The van der Waals surface area contributed by atoms with Gasteiger partial charge in [-0.25, -0.2) is 0 Å². The molecule has 2 aromatic carbocycles. The Bertz CT molecular complexity index is 638. The molecule has 0 aliphatic heterocycles. The number of nitrogens with zero attached hydrogens (tertiary/aromatic N) is 1. The van der Waals surface area contributed by atoms with Gasteiger partial charge in [-0.05, 0) is 31.0 Å². The highest BCUT2D eigenvalue weighted by Gasteiger charge is 2.05. The van der Waals surface area contributed by atoms with Crippen molar-refractivity contribution in [3.05, 3.63) is 66.2 Å². The van der Waals surface area contributed by atoms with E-state index in [1.807, 2.05) is 67.6 Å². The molecule has 0 heterocycles. The van der Waals surface area contributed by atoms with Crippen LogP contribution in [0.1, 0.15) is 18.9 Å². The van der Waals surface area contributed by atoms with E-state index in [9.17, 15) is 5.11 Å². The number of hydrogen-bond acceptors (Lipinski definition) is 3. The van der Waals surface area contributed by atoms with Crippen LogP contribution < -0.4 is 15.4 Å². The highest BCUT2D eigenvalue weighted by molar-refractivity contribution is 14.0. The third kappa shape index (κ3) is 10.2. The normalized spacial score (nSPS) is 12.0. The van der Waals surface area contributed by atoms with Crippen LogP contribution in [-0.2, 0) is 6.42 Å². The van der Waals surface area contributed by atoms with Crippen LogP contribution in [0.3, 0.4) is 0 Å². The van der Waals surface area contributed by atoms with E-state index in [1.165, 1.54) is 0 Å². The Hall–Kier alpha value is -1.80. The zero-order valence-electron chi connectivity index (χ0n) is 15.8. The summed E-state index contributed by atoms with van der Waals surface area (Å²) >= 11 is 0. The number of aliphatic hydroxyl groups excluding tert-OH is 1. The van der Waals surface area contributed by atoms with Gasteiger partial charge in [-0.15, -0.1) is 24.0 Å². The molecule has 0 bridgehead atoms. The predicted molar refractivity (Wildman–Crippen MR) is 122 cm³/mol. The quantitative estimate of drug-likeness (QED) is 0.210. The van der Waals surface area contributed by atoms with Crippen LogP contribution in [0.5, 0.6) is 5.75 Å². The second kappa shape index (κ2) is 14.3. The van der Waals surface area contributed by atoms with Gasteiger partial charge in [-0.3, -0.25) is 4.99 Å². The summed E-state index contributed by atoms with van der Waals surface area (Å²) in [6, 6.07) is 19.8. The minimum atomic E-state index is -0.491. The fourth-order valence-corrected chi connectivity index (χ4v) is 2.47. The highest BCUT2D eigenvalue weighted by Crippen LogP contribution is 2.08. The number of nitrogens with one attached hydrogen (secondary N) is 2. The van der Waals surface area contributed by atoms with Crippen LogP contribution in [0.15, 0.2) is 65.7 Å². The molecule has 0 aromatic heterocycles. The van der Waals surface area contributed by atoms with E-state index in [-0.39, 0.29) is 24.0 Å². The van der Waals surface area contributed by atoms with Crippen molar-refractivity contribution in [2.75, 3.05) is 26.2 Å². The topological polar surface area (TPSA) is 65.9 Å². The Morgan fingerprint density at radius 3 is 2.37 bits per heavy atom. The van der Waals surface area contributed by atoms with Gasteiger partial charge in [0.05, 0.1) is 19.3 Å². The molecule has 0 saturated carbocycles. The van der Waals surface area contributed by atoms with Crippen molar-refractivity contribution >= 4 is 29.9 Å². The number of benzene rings is 2. The fourth-order valence-electron chi connectivity index (χ4n) is 2.47. The molecular weight excluding hydrogens is 453 g/mol. The standard InChI is InChI=1S/C21H29N3O2.HI/c1-2-22-21(23-14-9-15-26-20-12-7-4-8-13-20)24-17-19(25)16-18-10-5-3-6-11-18;/h3-8,10-13,19,25H,2,9,14-17H2,1H3,(H2,22,23,24);1H. The van der Waals surface area contributed by atoms with Gasteiger partial charge in [0.1, 0.15) is 5.75 Å². The number of aliphatic hydroxyl groups is 1. The molecule has 27 heavy (non-hydrogen) atoms. The molecule has 2 aromatic rings. The van der Waals surface area contributed by atoms with Crippen molar-refractivity contribution in [1.29, 1.82) is 0 Å². The second-order valence-electron chi connectivity index (χ2n) is 6.01. The van der Waals surface area contributed by atoms with Gasteiger partial charge < -0.3 is 20.5 Å². The number of rotatable bonds is 10. The molecule has 6 heteroatoms. The number of halogens is 1. The molecule has 0 amide bonds.